The molecule has 0 spiro atoms. The van der Waals surface area contributed by atoms with Gasteiger partial charge in [-0.15, -0.1) is 0 Å². The van der Waals surface area contributed by atoms with Crippen LogP contribution in [0.5, 0.6) is 0 Å². The number of aromatic nitrogens is 1. The molecule has 2 heterocycles. The maximum Gasteiger partial charge on any atom is 0.295 e. The molecule has 0 radical (unpaired) electrons. The van der Waals surface area contributed by atoms with Crippen LogP contribution in [0.25, 0.3) is 5.76 Å². The molecule has 0 saturated carbocycles. The van der Waals surface area contributed by atoms with E-state index in [9.17, 15) is 14.7 Å². The molecule has 6 heteroatoms. The molecule has 1 aliphatic heterocycles. The van der Waals surface area contributed by atoms with Gasteiger partial charge in [-0.2, -0.15) is 0 Å². The van der Waals surface area contributed by atoms with Crippen LogP contribution in [0.2, 0.25) is 0 Å². The third-order valence-corrected chi connectivity index (χ3v) is 5.09. The average Bonchev–Trinajstić information content (AvgIpc) is 2.95. The highest BCUT2D eigenvalue weighted by molar-refractivity contribution is 6.46. The molecule has 1 aliphatic rings. The number of hydrogen-bond acceptors (Lipinski definition) is 5. The molecule has 0 aliphatic carbocycles. The van der Waals surface area contributed by atoms with Crippen molar-refractivity contribution in [1.29, 1.82) is 0 Å². The van der Waals surface area contributed by atoms with Crippen LogP contribution in [-0.2, 0) is 14.3 Å². The van der Waals surface area contributed by atoms with Gasteiger partial charge in [-0.3, -0.25) is 14.6 Å². The predicted octanol–water partition coefficient (Wildman–Crippen LogP) is 3.16. The molecule has 1 aromatic carbocycles. The van der Waals surface area contributed by atoms with Gasteiger partial charge < -0.3 is 14.7 Å². The molecule has 146 valence electrons. The summed E-state index contributed by atoms with van der Waals surface area (Å²) in [5.74, 6) is -1.43. The second-order valence-electron chi connectivity index (χ2n) is 6.92. The normalized spacial score (nSPS) is 18.7. The van der Waals surface area contributed by atoms with E-state index in [1.807, 2.05) is 26.0 Å². The van der Waals surface area contributed by atoms with Crippen LogP contribution < -0.4 is 0 Å². The third kappa shape index (κ3) is 3.68. The van der Waals surface area contributed by atoms with Gasteiger partial charge in [-0.1, -0.05) is 12.1 Å². The van der Waals surface area contributed by atoms with E-state index in [0.717, 1.165) is 16.7 Å². The van der Waals surface area contributed by atoms with E-state index in [0.29, 0.717) is 25.1 Å². The average molecular weight is 380 g/mol. The van der Waals surface area contributed by atoms with E-state index in [4.69, 9.17) is 4.74 Å². The van der Waals surface area contributed by atoms with E-state index in [1.165, 1.54) is 4.90 Å². The summed E-state index contributed by atoms with van der Waals surface area (Å²) in [6, 6.07) is 8.34. The van der Waals surface area contributed by atoms with Crippen LogP contribution in [-0.4, -0.2) is 46.9 Å². The first-order chi connectivity index (χ1) is 13.5. The van der Waals surface area contributed by atoms with Crippen molar-refractivity contribution in [2.45, 2.75) is 26.3 Å². The molecule has 1 aromatic heterocycles. The predicted molar refractivity (Wildman–Crippen MR) is 106 cm³/mol. The molecular formula is C22H24N2O4. The summed E-state index contributed by atoms with van der Waals surface area (Å²) in [6.45, 7) is 4.75. The molecule has 3 rings (SSSR count). The van der Waals surface area contributed by atoms with Crippen molar-refractivity contribution in [3.63, 3.8) is 0 Å². The fourth-order valence-electron chi connectivity index (χ4n) is 3.43. The Morgan fingerprint density at radius 1 is 1.14 bits per heavy atom. The summed E-state index contributed by atoms with van der Waals surface area (Å²) < 4.78 is 5.08. The number of pyridine rings is 1. The fraction of sp³-hybridized carbons (Fsp3) is 0.318. The quantitative estimate of drug-likeness (QED) is 0.360. The van der Waals surface area contributed by atoms with Crippen molar-refractivity contribution in [2.75, 3.05) is 20.3 Å². The maximum atomic E-state index is 12.8. The molecule has 28 heavy (non-hydrogen) atoms. The number of aliphatic hydroxyl groups is 1. The summed E-state index contributed by atoms with van der Waals surface area (Å²) in [4.78, 5) is 31.1. The van der Waals surface area contributed by atoms with Crippen LogP contribution in [0.4, 0.5) is 0 Å². The Morgan fingerprint density at radius 3 is 2.50 bits per heavy atom. The van der Waals surface area contributed by atoms with E-state index in [-0.39, 0.29) is 11.3 Å². The molecular weight excluding hydrogens is 356 g/mol. The Balaban J connectivity index is 2.12. The Morgan fingerprint density at radius 2 is 1.86 bits per heavy atom. The topological polar surface area (TPSA) is 79.7 Å². The highest BCUT2D eigenvalue weighted by Crippen LogP contribution is 2.39. The highest BCUT2D eigenvalue weighted by atomic mass is 16.5. The molecule has 1 unspecified atom stereocenters. The number of amides is 1. The number of carbonyl (C=O) groups is 2. The van der Waals surface area contributed by atoms with Gasteiger partial charge >= 0.3 is 0 Å². The van der Waals surface area contributed by atoms with Crippen molar-refractivity contribution >= 4 is 17.4 Å². The number of ketones is 1. The first kappa shape index (κ1) is 19.8. The van der Waals surface area contributed by atoms with Crippen LogP contribution in [0, 0.1) is 13.8 Å². The molecule has 1 saturated heterocycles. The largest absolute Gasteiger partial charge is 0.507 e. The van der Waals surface area contributed by atoms with E-state index in [2.05, 4.69) is 4.98 Å². The van der Waals surface area contributed by atoms with Crippen molar-refractivity contribution in [2.24, 2.45) is 0 Å². The minimum atomic E-state index is -0.671. The van der Waals surface area contributed by atoms with E-state index >= 15 is 0 Å². The number of rotatable bonds is 6. The maximum absolute atomic E-state index is 12.8. The van der Waals surface area contributed by atoms with Crippen LogP contribution in [0.3, 0.4) is 0 Å². The number of hydrogen-bond donors (Lipinski definition) is 1. The number of carbonyl (C=O) groups excluding carboxylic acids is 2. The van der Waals surface area contributed by atoms with Crippen LogP contribution >= 0.6 is 0 Å². The molecule has 1 amide bonds. The number of likely N-dealkylation sites (tertiary alicyclic amines) is 1. The van der Waals surface area contributed by atoms with E-state index < -0.39 is 17.7 Å². The Kier molecular flexibility index (Phi) is 5.90. The third-order valence-electron chi connectivity index (χ3n) is 5.09. The van der Waals surface area contributed by atoms with Gasteiger partial charge in [0.2, 0.25) is 0 Å². The molecule has 0 bridgehead atoms. The summed E-state index contributed by atoms with van der Waals surface area (Å²) >= 11 is 0. The number of nitrogens with zero attached hydrogens (tertiary/aromatic N) is 2. The van der Waals surface area contributed by atoms with Crippen LogP contribution in [0.1, 0.15) is 34.7 Å². The minimum absolute atomic E-state index is 0.108. The van der Waals surface area contributed by atoms with Gasteiger partial charge in [-0.25, -0.2) is 0 Å². The smallest absolute Gasteiger partial charge is 0.295 e. The molecule has 1 atom stereocenters. The first-order valence-electron chi connectivity index (χ1n) is 9.20. The second kappa shape index (κ2) is 8.35. The Labute approximate surface area is 164 Å². The zero-order chi connectivity index (χ0) is 20.3. The van der Waals surface area contributed by atoms with Gasteiger partial charge in [0.25, 0.3) is 11.7 Å². The number of aliphatic hydroxyl groups excluding tert-OH is 1. The molecule has 2 aromatic rings. The fourth-order valence-corrected chi connectivity index (χ4v) is 3.43. The van der Waals surface area contributed by atoms with Crippen molar-refractivity contribution in [3.8, 4) is 0 Å². The zero-order valence-corrected chi connectivity index (χ0v) is 16.3. The number of ether oxygens (including phenoxy) is 1. The highest BCUT2D eigenvalue weighted by Gasteiger charge is 2.45. The van der Waals surface area contributed by atoms with Gasteiger partial charge in [-0.05, 0) is 55.2 Å². The van der Waals surface area contributed by atoms with Gasteiger partial charge in [0.1, 0.15) is 5.76 Å². The number of benzene rings is 1. The van der Waals surface area contributed by atoms with Crippen molar-refractivity contribution in [1.82, 2.24) is 9.88 Å². The molecule has 1 fully saturated rings. The lowest BCUT2D eigenvalue weighted by Gasteiger charge is -2.25. The Bertz CT molecular complexity index is 921. The summed E-state index contributed by atoms with van der Waals surface area (Å²) in [6.07, 6.45) is 3.82. The van der Waals surface area contributed by atoms with Crippen LogP contribution in [0.15, 0.2) is 48.3 Å². The monoisotopic (exact) mass is 380 g/mol. The standard InChI is InChI=1S/C22H24N2O4/c1-14-5-6-17(13-15(14)2)20(25)18-19(16-7-9-23-10-8-16)24(11-4-12-28-3)22(27)21(18)26/h5-10,13,19,25H,4,11-12H2,1-3H3/b20-18-. The van der Waals surface area contributed by atoms with Crippen molar-refractivity contribution < 1.29 is 19.4 Å². The lowest BCUT2D eigenvalue weighted by atomic mass is 9.95. The lowest BCUT2D eigenvalue weighted by molar-refractivity contribution is -0.140. The van der Waals surface area contributed by atoms with E-state index in [1.54, 1.807) is 37.7 Å². The second-order valence-corrected chi connectivity index (χ2v) is 6.92. The SMILES string of the molecule is COCCCN1C(=O)C(=O)/C(=C(\O)c2ccc(C)c(C)c2)C1c1ccncc1. The summed E-state index contributed by atoms with van der Waals surface area (Å²) in [7, 11) is 1.59. The number of methoxy groups -OCH3 is 1. The lowest BCUT2D eigenvalue weighted by Crippen LogP contribution is -2.31. The summed E-state index contributed by atoms with van der Waals surface area (Å²) in [5, 5.41) is 11.0. The Hall–Kier alpha value is -2.99. The van der Waals surface area contributed by atoms with Gasteiger partial charge in [0.05, 0.1) is 11.6 Å². The minimum Gasteiger partial charge on any atom is -0.507 e. The number of Topliss-reactive ketones (excluding diaryl/α,β-unsaturated/α-hetero) is 1. The first-order valence-corrected chi connectivity index (χ1v) is 9.20. The van der Waals surface area contributed by atoms with Crippen molar-refractivity contribution in [3.05, 3.63) is 70.6 Å². The van der Waals surface area contributed by atoms with Gasteiger partial charge in [0.15, 0.2) is 0 Å². The molecule has 1 N–H and O–H groups in total. The summed E-state index contributed by atoms with van der Waals surface area (Å²) in [5.41, 5.74) is 3.45. The van der Waals surface area contributed by atoms with Gasteiger partial charge in [0, 0.05) is 38.2 Å². The molecule has 6 nitrogen and oxygen atoms in total. The number of aryl methyl sites for hydroxylation is 2. The zero-order valence-electron chi connectivity index (χ0n) is 16.3.